The highest BCUT2D eigenvalue weighted by atomic mass is 16.5. The summed E-state index contributed by atoms with van der Waals surface area (Å²) in [6.45, 7) is 1.57. The van der Waals surface area contributed by atoms with Gasteiger partial charge in [-0.05, 0) is 57.3 Å². The number of amides is 1. The molecule has 1 amide bonds. The summed E-state index contributed by atoms with van der Waals surface area (Å²) in [7, 11) is 0. The summed E-state index contributed by atoms with van der Waals surface area (Å²) in [6.07, 6.45) is 10.3. The molecule has 0 aromatic carbocycles. The molecule has 2 saturated heterocycles. The van der Waals surface area contributed by atoms with E-state index in [1.54, 1.807) is 0 Å². The maximum atomic E-state index is 12.4. The van der Waals surface area contributed by atoms with Crippen LogP contribution in [0.2, 0.25) is 0 Å². The van der Waals surface area contributed by atoms with Crippen LogP contribution in [0.25, 0.3) is 0 Å². The maximum absolute atomic E-state index is 12.4. The van der Waals surface area contributed by atoms with Gasteiger partial charge in [-0.2, -0.15) is 0 Å². The molecular formula is C18H27NO4. The summed E-state index contributed by atoms with van der Waals surface area (Å²) >= 11 is 0. The molecule has 0 aromatic heterocycles. The molecule has 2 heterocycles. The fourth-order valence-corrected chi connectivity index (χ4v) is 4.08. The van der Waals surface area contributed by atoms with E-state index in [0.717, 1.165) is 45.2 Å². The minimum atomic E-state index is -0.846. The Morgan fingerprint density at radius 3 is 2.57 bits per heavy atom. The smallest absolute Gasteiger partial charge is 0.332 e. The molecule has 0 unspecified atom stereocenters. The number of piperidine rings is 1. The van der Waals surface area contributed by atoms with Crippen LogP contribution >= 0.6 is 0 Å². The molecule has 0 radical (unpaired) electrons. The second kappa shape index (κ2) is 7.47. The van der Waals surface area contributed by atoms with Crippen LogP contribution in [0.4, 0.5) is 0 Å². The quantitative estimate of drug-likeness (QED) is 0.809. The van der Waals surface area contributed by atoms with Crippen LogP contribution in [0.1, 0.15) is 57.8 Å². The number of allylic oxidation sites excluding steroid dienone is 1. The number of nitrogens with zero attached hydrogens (tertiary/aromatic N) is 1. The number of carboxylic acids is 1. The van der Waals surface area contributed by atoms with E-state index in [1.165, 1.54) is 18.4 Å². The van der Waals surface area contributed by atoms with Gasteiger partial charge in [0, 0.05) is 19.5 Å². The Kier molecular flexibility index (Phi) is 5.36. The van der Waals surface area contributed by atoms with Crippen LogP contribution < -0.4 is 0 Å². The lowest BCUT2D eigenvalue weighted by Gasteiger charge is -2.35. The molecule has 1 N–H and O–H groups in total. The number of ether oxygens (including phenoxy) is 1. The zero-order chi connectivity index (χ0) is 16.2. The van der Waals surface area contributed by atoms with Crippen LogP contribution in [0.5, 0.6) is 0 Å². The third kappa shape index (κ3) is 4.14. The van der Waals surface area contributed by atoms with Crippen molar-refractivity contribution >= 4 is 11.9 Å². The maximum Gasteiger partial charge on any atom is 0.332 e. The number of hydrogen-bond acceptors (Lipinski definition) is 3. The van der Waals surface area contributed by atoms with Gasteiger partial charge in [-0.1, -0.05) is 11.6 Å². The van der Waals surface area contributed by atoms with Gasteiger partial charge in [0.25, 0.3) is 0 Å². The zero-order valence-corrected chi connectivity index (χ0v) is 13.7. The van der Waals surface area contributed by atoms with Crippen molar-refractivity contribution in [2.24, 2.45) is 5.92 Å². The van der Waals surface area contributed by atoms with Crippen molar-refractivity contribution in [3.63, 3.8) is 0 Å². The molecule has 0 bridgehead atoms. The van der Waals surface area contributed by atoms with Gasteiger partial charge in [-0.3, -0.25) is 4.79 Å². The third-order valence-electron chi connectivity index (χ3n) is 5.51. The molecule has 1 aliphatic carbocycles. The Hall–Kier alpha value is -1.36. The lowest BCUT2D eigenvalue weighted by molar-refractivity contribution is -0.151. The lowest BCUT2D eigenvalue weighted by atomic mass is 9.89. The van der Waals surface area contributed by atoms with E-state index in [1.807, 2.05) is 4.90 Å². The molecule has 3 rings (SSSR count). The first-order valence-electron chi connectivity index (χ1n) is 8.97. The van der Waals surface area contributed by atoms with Crippen molar-refractivity contribution in [2.75, 3.05) is 13.1 Å². The van der Waals surface area contributed by atoms with Crippen LogP contribution in [0, 0.1) is 5.92 Å². The molecular weight excluding hydrogens is 294 g/mol. The van der Waals surface area contributed by atoms with Crippen LogP contribution in [-0.4, -0.2) is 47.2 Å². The number of aliphatic carboxylic acids is 1. The highest BCUT2D eigenvalue weighted by Crippen LogP contribution is 2.32. The fraction of sp³-hybridized carbons (Fsp3) is 0.778. The fourth-order valence-electron chi connectivity index (χ4n) is 4.08. The first-order valence-corrected chi connectivity index (χ1v) is 8.97. The largest absolute Gasteiger partial charge is 0.479 e. The van der Waals surface area contributed by atoms with Gasteiger partial charge >= 0.3 is 5.97 Å². The minimum absolute atomic E-state index is 0.0643. The Labute approximate surface area is 137 Å². The Morgan fingerprint density at radius 2 is 1.96 bits per heavy atom. The lowest BCUT2D eigenvalue weighted by Crippen LogP contribution is -2.41. The van der Waals surface area contributed by atoms with Crippen molar-refractivity contribution in [1.82, 2.24) is 4.90 Å². The molecule has 0 saturated carbocycles. The molecule has 128 valence electrons. The zero-order valence-electron chi connectivity index (χ0n) is 13.7. The van der Waals surface area contributed by atoms with Crippen molar-refractivity contribution in [2.45, 2.75) is 70.0 Å². The SMILES string of the molecule is O=C(O)[C@H]1CC[C@@H](C2CCN(C(=O)CC3=CCCCC3)CC2)O1. The van der Waals surface area contributed by atoms with E-state index in [-0.39, 0.29) is 12.0 Å². The number of rotatable bonds is 4. The number of carboxylic acid groups (broad SMARTS) is 1. The summed E-state index contributed by atoms with van der Waals surface area (Å²) < 4.78 is 5.67. The van der Waals surface area contributed by atoms with Gasteiger partial charge in [0.05, 0.1) is 6.10 Å². The van der Waals surface area contributed by atoms with E-state index < -0.39 is 12.1 Å². The van der Waals surface area contributed by atoms with E-state index in [0.29, 0.717) is 18.8 Å². The second-order valence-corrected chi connectivity index (χ2v) is 7.08. The van der Waals surface area contributed by atoms with Crippen molar-refractivity contribution in [3.8, 4) is 0 Å². The molecule has 2 aliphatic heterocycles. The summed E-state index contributed by atoms with van der Waals surface area (Å²) in [5.74, 6) is -0.189. The minimum Gasteiger partial charge on any atom is -0.479 e. The highest BCUT2D eigenvalue weighted by molar-refractivity contribution is 5.78. The van der Waals surface area contributed by atoms with E-state index in [4.69, 9.17) is 9.84 Å². The van der Waals surface area contributed by atoms with Gasteiger partial charge in [-0.15, -0.1) is 0 Å². The van der Waals surface area contributed by atoms with Gasteiger partial charge in [0.15, 0.2) is 6.10 Å². The summed E-state index contributed by atoms with van der Waals surface area (Å²) in [4.78, 5) is 25.4. The van der Waals surface area contributed by atoms with Gasteiger partial charge in [0.1, 0.15) is 0 Å². The predicted octanol–water partition coefficient (Wildman–Crippen LogP) is 2.75. The third-order valence-corrected chi connectivity index (χ3v) is 5.51. The Balaban J connectivity index is 1.44. The second-order valence-electron chi connectivity index (χ2n) is 7.08. The molecule has 0 spiro atoms. The number of hydrogen-bond donors (Lipinski definition) is 1. The molecule has 5 heteroatoms. The topological polar surface area (TPSA) is 66.8 Å². The number of carbonyl (C=O) groups excluding carboxylic acids is 1. The monoisotopic (exact) mass is 321 g/mol. The van der Waals surface area contributed by atoms with Crippen molar-refractivity contribution in [1.29, 1.82) is 0 Å². The molecule has 23 heavy (non-hydrogen) atoms. The van der Waals surface area contributed by atoms with E-state index >= 15 is 0 Å². The van der Waals surface area contributed by atoms with Crippen molar-refractivity contribution in [3.05, 3.63) is 11.6 Å². The molecule has 5 nitrogen and oxygen atoms in total. The standard InChI is InChI=1S/C18H27NO4/c20-17(12-13-4-2-1-3-5-13)19-10-8-14(9-11-19)15-6-7-16(23-15)18(21)22/h4,14-16H,1-3,5-12H2,(H,21,22)/t15-,16+/m0/s1. The Bertz CT molecular complexity index is 479. The summed E-state index contributed by atoms with van der Waals surface area (Å²) in [5, 5.41) is 9.02. The number of carbonyl (C=O) groups is 2. The first-order chi connectivity index (χ1) is 11.1. The van der Waals surface area contributed by atoms with Crippen LogP contribution in [0.15, 0.2) is 11.6 Å². The molecule has 0 aromatic rings. The van der Waals surface area contributed by atoms with Gasteiger partial charge < -0.3 is 14.7 Å². The summed E-state index contributed by atoms with van der Waals surface area (Å²) in [6, 6.07) is 0. The Morgan fingerprint density at radius 1 is 1.17 bits per heavy atom. The van der Waals surface area contributed by atoms with Crippen LogP contribution in [0.3, 0.4) is 0 Å². The molecule has 2 atom stereocenters. The average molecular weight is 321 g/mol. The molecule has 3 aliphatic rings. The first kappa shape index (κ1) is 16.5. The normalized spacial score (nSPS) is 29.4. The predicted molar refractivity (Wildman–Crippen MR) is 86.0 cm³/mol. The summed E-state index contributed by atoms with van der Waals surface area (Å²) in [5.41, 5.74) is 1.31. The molecule has 2 fully saturated rings. The highest BCUT2D eigenvalue weighted by Gasteiger charge is 2.37. The van der Waals surface area contributed by atoms with Crippen molar-refractivity contribution < 1.29 is 19.4 Å². The average Bonchev–Trinajstić information content (AvgIpc) is 3.06. The number of likely N-dealkylation sites (tertiary alicyclic amines) is 1. The van der Waals surface area contributed by atoms with Gasteiger partial charge in [0.2, 0.25) is 5.91 Å². The van der Waals surface area contributed by atoms with E-state index in [2.05, 4.69) is 6.08 Å². The van der Waals surface area contributed by atoms with Crippen LogP contribution in [-0.2, 0) is 14.3 Å². The van der Waals surface area contributed by atoms with Gasteiger partial charge in [-0.25, -0.2) is 4.79 Å². The van der Waals surface area contributed by atoms with E-state index in [9.17, 15) is 9.59 Å².